The van der Waals surface area contributed by atoms with Crippen molar-refractivity contribution in [3.8, 4) is 0 Å². The molecule has 0 spiro atoms. The Morgan fingerprint density at radius 1 is 1.20 bits per heavy atom. The molecule has 25 heavy (non-hydrogen) atoms. The Morgan fingerprint density at radius 3 is 2.72 bits per heavy atom. The van der Waals surface area contributed by atoms with E-state index in [4.69, 9.17) is 0 Å². The van der Waals surface area contributed by atoms with Gasteiger partial charge in [-0.15, -0.1) is 0 Å². The zero-order valence-corrected chi connectivity index (χ0v) is 14.7. The lowest BCUT2D eigenvalue weighted by molar-refractivity contribution is 0.170. The summed E-state index contributed by atoms with van der Waals surface area (Å²) in [6.45, 7) is 0.538. The van der Waals surface area contributed by atoms with Crippen molar-refractivity contribution in [3.05, 3.63) is 70.5 Å². The van der Waals surface area contributed by atoms with Gasteiger partial charge in [0.1, 0.15) is 5.82 Å². The first-order chi connectivity index (χ1) is 12.2. The Kier molecular flexibility index (Phi) is 6.95. The quantitative estimate of drug-likeness (QED) is 0.897. The molecule has 2 aromatic carbocycles. The molecule has 0 fully saturated rings. The zero-order chi connectivity index (χ0) is 18.2. The minimum Gasteiger partial charge on any atom is -0.453 e. The lowest BCUT2D eigenvalue weighted by Crippen LogP contribution is -2.25. The van der Waals surface area contributed by atoms with E-state index in [1.165, 1.54) is 36.9 Å². The van der Waals surface area contributed by atoms with Crippen molar-refractivity contribution in [1.29, 1.82) is 0 Å². The highest BCUT2D eigenvalue weighted by Gasteiger charge is 2.22. The number of nitrogens with one attached hydrogen (secondary N) is 1. The monoisotopic (exact) mass is 344 g/mol. The standard InChI is InChI=1S/C19H20FNO2.CH5N/c1-23-19(22)21-9-8-15-11-16-12-17(20)7-6-13(16)10-14-4-2-3-5-18(14)15;1-2/h2-7,12,15H,8-11H2,1H3,(H,21,22);2H2,1H3. The summed E-state index contributed by atoms with van der Waals surface area (Å²) in [6.07, 6.45) is 1.99. The molecule has 1 unspecified atom stereocenters. The molecule has 1 amide bonds. The molecule has 3 N–H and O–H groups in total. The maximum Gasteiger partial charge on any atom is 0.406 e. The molecule has 3 rings (SSSR count). The van der Waals surface area contributed by atoms with E-state index in [1.807, 2.05) is 18.2 Å². The van der Waals surface area contributed by atoms with Gasteiger partial charge < -0.3 is 15.8 Å². The highest BCUT2D eigenvalue weighted by Crippen LogP contribution is 2.34. The van der Waals surface area contributed by atoms with Gasteiger partial charge in [0.2, 0.25) is 0 Å². The van der Waals surface area contributed by atoms with Gasteiger partial charge in [0.05, 0.1) is 7.11 Å². The predicted octanol–water partition coefficient (Wildman–Crippen LogP) is 3.38. The van der Waals surface area contributed by atoms with Gasteiger partial charge in [-0.05, 0) is 66.6 Å². The van der Waals surface area contributed by atoms with Gasteiger partial charge in [0.15, 0.2) is 0 Å². The number of alkyl carbamates (subject to hydrolysis) is 1. The molecular formula is C20H25FN2O2. The average Bonchev–Trinajstić information content (AvgIpc) is 2.79. The molecule has 0 saturated heterocycles. The molecule has 0 aromatic heterocycles. The molecule has 1 atom stereocenters. The van der Waals surface area contributed by atoms with Crippen LogP contribution < -0.4 is 11.1 Å². The highest BCUT2D eigenvalue weighted by molar-refractivity contribution is 5.66. The number of methoxy groups -OCH3 is 1. The number of hydrogen-bond acceptors (Lipinski definition) is 3. The second kappa shape index (κ2) is 9.18. The number of rotatable bonds is 3. The van der Waals surface area contributed by atoms with Gasteiger partial charge in [0.25, 0.3) is 0 Å². The summed E-state index contributed by atoms with van der Waals surface area (Å²) in [5, 5.41) is 2.73. The largest absolute Gasteiger partial charge is 0.453 e. The van der Waals surface area contributed by atoms with E-state index in [2.05, 4.69) is 27.9 Å². The van der Waals surface area contributed by atoms with Gasteiger partial charge >= 0.3 is 6.09 Å². The van der Waals surface area contributed by atoms with Crippen LogP contribution in [0.3, 0.4) is 0 Å². The molecule has 0 bridgehead atoms. The Labute approximate surface area is 148 Å². The van der Waals surface area contributed by atoms with Crippen LogP contribution in [0.2, 0.25) is 0 Å². The van der Waals surface area contributed by atoms with Crippen molar-refractivity contribution in [2.45, 2.75) is 25.2 Å². The summed E-state index contributed by atoms with van der Waals surface area (Å²) in [5.41, 5.74) is 9.31. The average molecular weight is 344 g/mol. The number of halogens is 1. The predicted molar refractivity (Wildman–Crippen MR) is 97.2 cm³/mol. The molecule has 0 heterocycles. The summed E-state index contributed by atoms with van der Waals surface area (Å²) in [5.74, 6) is 0.0625. The maximum atomic E-state index is 13.6. The molecule has 0 saturated carbocycles. The summed E-state index contributed by atoms with van der Waals surface area (Å²) >= 11 is 0. The smallest absolute Gasteiger partial charge is 0.406 e. The number of amides is 1. The second-order valence-electron chi connectivity index (χ2n) is 5.90. The third-order valence-corrected chi connectivity index (χ3v) is 4.46. The third-order valence-electron chi connectivity index (χ3n) is 4.46. The van der Waals surface area contributed by atoms with E-state index in [-0.39, 0.29) is 11.7 Å². The van der Waals surface area contributed by atoms with E-state index in [0.29, 0.717) is 6.54 Å². The van der Waals surface area contributed by atoms with Crippen molar-refractivity contribution in [2.75, 3.05) is 20.7 Å². The molecular weight excluding hydrogens is 319 g/mol. The number of carbonyl (C=O) groups is 1. The van der Waals surface area contributed by atoms with Gasteiger partial charge in [-0.25, -0.2) is 9.18 Å². The van der Waals surface area contributed by atoms with Crippen LogP contribution in [-0.2, 0) is 17.6 Å². The van der Waals surface area contributed by atoms with E-state index in [0.717, 1.165) is 24.8 Å². The Balaban J connectivity index is 0.00000109. The number of ether oxygens (including phenoxy) is 1. The van der Waals surface area contributed by atoms with Crippen LogP contribution in [-0.4, -0.2) is 26.8 Å². The summed E-state index contributed by atoms with van der Waals surface area (Å²) in [4.78, 5) is 11.2. The number of carbonyl (C=O) groups excluding carboxylic acids is 1. The minimum absolute atomic E-state index is 0.193. The van der Waals surface area contributed by atoms with Crippen LogP contribution in [0.1, 0.15) is 34.6 Å². The summed E-state index contributed by atoms with van der Waals surface area (Å²) in [6, 6.07) is 13.4. The molecule has 1 aliphatic carbocycles. The van der Waals surface area contributed by atoms with E-state index in [9.17, 15) is 9.18 Å². The molecule has 0 aliphatic heterocycles. The van der Waals surface area contributed by atoms with E-state index in [1.54, 1.807) is 6.07 Å². The topological polar surface area (TPSA) is 64.3 Å². The highest BCUT2D eigenvalue weighted by atomic mass is 19.1. The molecule has 2 aromatic rings. The normalized spacial score (nSPS) is 15.0. The van der Waals surface area contributed by atoms with Gasteiger partial charge in [0, 0.05) is 6.54 Å². The number of nitrogens with two attached hydrogens (primary N) is 1. The van der Waals surface area contributed by atoms with Gasteiger partial charge in [-0.3, -0.25) is 0 Å². The fourth-order valence-corrected chi connectivity index (χ4v) is 3.31. The molecule has 0 radical (unpaired) electrons. The Morgan fingerprint density at radius 2 is 1.96 bits per heavy atom. The van der Waals surface area contributed by atoms with Crippen LogP contribution in [0.25, 0.3) is 0 Å². The Bertz CT molecular complexity index is 719. The zero-order valence-electron chi connectivity index (χ0n) is 14.7. The molecule has 5 heteroatoms. The Hall–Kier alpha value is -2.40. The lowest BCUT2D eigenvalue weighted by Gasteiger charge is -2.18. The van der Waals surface area contributed by atoms with Crippen molar-refractivity contribution in [1.82, 2.24) is 5.32 Å². The van der Waals surface area contributed by atoms with Crippen molar-refractivity contribution >= 4 is 6.09 Å². The number of fused-ring (bicyclic) bond motifs is 2. The SMILES string of the molecule is CN.COC(=O)NCCC1Cc2cc(F)ccc2Cc2ccccc21. The first-order valence-electron chi connectivity index (χ1n) is 8.42. The van der Waals surface area contributed by atoms with Gasteiger partial charge in [-0.2, -0.15) is 0 Å². The summed E-state index contributed by atoms with van der Waals surface area (Å²) in [7, 11) is 2.86. The molecule has 134 valence electrons. The van der Waals surface area contributed by atoms with Crippen LogP contribution >= 0.6 is 0 Å². The third kappa shape index (κ3) is 4.79. The maximum absolute atomic E-state index is 13.6. The fraction of sp³-hybridized carbons (Fsp3) is 0.350. The minimum atomic E-state index is -0.418. The first-order valence-corrected chi connectivity index (χ1v) is 8.42. The lowest BCUT2D eigenvalue weighted by atomic mass is 9.89. The number of benzene rings is 2. The summed E-state index contributed by atoms with van der Waals surface area (Å²) < 4.78 is 18.2. The van der Waals surface area contributed by atoms with Crippen LogP contribution in [0.4, 0.5) is 9.18 Å². The van der Waals surface area contributed by atoms with Crippen molar-refractivity contribution in [2.24, 2.45) is 5.73 Å². The van der Waals surface area contributed by atoms with Crippen LogP contribution in [0, 0.1) is 5.82 Å². The molecule has 1 aliphatic rings. The van der Waals surface area contributed by atoms with Crippen LogP contribution in [0.5, 0.6) is 0 Å². The molecule has 4 nitrogen and oxygen atoms in total. The van der Waals surface area contributed by atoms with Crippen LogP contribution in [0.15, 0.2) is 42.5 Å². The van der Waals surface area contributed by atoms with E-state index < -0.39 is 6.09 Å². The van der Waals surface area contributed by atoms with E-state index >= 15 is 0 Å². The van der Waals surface area contributed by atoms with Gasteiger partial charge in [-0.1, -0.05) is 30.3 Å². The second-order valence-corrected chi connectivity index (χ2v) is 5.90. The fourth-order valence-electron chi connectivity index (χ4n) is 3.31. The number of hydrogen-bond donors (Lipinski definition) is 2. The van der Waals surface area contributed by atoms with Crippen molar-refractivity contribution in [3.63, 3.8) is 0 Å². The first kappa shape index (κ1) is 18.9. The van der Waals surface area contributed by atoms with Crippen molar-refractivity contribution < 1.29 is 13.9 Å².